The molecule has 0 aromatic heterocycles. The quantitative estimate of drug-likeness (QED) is 0.720. The molecule has 0 fully saturated rings. The molecule has 0 radical (unpaired) electrons. The molecule has 0 unspecified atom stereocenters. The molecule has 3 rings (SSSR count). The third-order valence-corrected chi connectivity index (χ3v) is 4.35. The molecule has 0 aliphatic rings. The van der Waals surface area contributed by atoms with Crippen LogP contribution in [0.3, 0.4) is 0 Å². The summed E-state index contributed by atoms with van der Waals surface area (Å²) in [4.78, 5) is 8.89. The van der Waals surface area contributed by atoms with Crippen molar-refractivity contribution in [2.45, 2.75) is 18.8 Å². The molecule has 0 aliphatic heterocycles. The highest BCUT2D eigenvalue weighted by molar-refractivity contribution is 5.60. The predicted molar refractivity (Wildman–Crippen MR) is 102 cm³/mol. The number of carboxylic acid groups (broad SMARTS) is 1. The van der Waals surface area contributed by atoms with Crippen molar-refractivity contribution < 1.29 is 15.6 Å². The zero-order valence-corrected chi connectivity index (χ0v) is 15.1. The van der Waals surface area contributed by atoms with Crippen LogP contribution >= 0.6 is 0 Å². The number of aliphatic carboxylic acids is 1. The molecular formula is C23H25NO2. The van der Waals surface area contributed by atoms with Crippen molar-refractivity contribution in [3.05, 3.63) is 108 Å². The molecule has 3 aromatic rings. The highest BCUT2D eigenvalue weighted by Crippen LogP contribution is 2.41. The van der Waals surface area contributed by atoms with Gasteiger partial charge in [0, 0.05) is 12.4 Å². The molecule has 0 aliphatic carbocycles. The summed E-state index contributed by atoms with van der Waals surface area (Å²) < 4.78 is 0. The number of hydrogen-bond donors (Lipinski definition) is 1. The van der Waals surface area contributed by atoms with E-state index in [-0.39, 0.29) is 5.41 Å². The van der Waals surface area contributed by atoms with Crippen molar-refractivity contribution in [1.29, 1.82) is 0 Å². The largest absolute Gasteiger partial charge is 0.550 e. The fourth-order valence-electron chi connectivity index (χ4n) is 3.37. The van der Waals surface area contributed by atoms with Crippen LogP contribution in [-0.2, 0) is 10.2 Å². The lowest BCUT2D eigenvalue weighted by molar-refractivity contribution is -0.369. The molecule has 26 heavy (non-hydrogen) atoms. The van der Waals surface area contributed by atoms with Crippen molar-refractivity contribution in [3.63, 3.8) is 0 Å². The lowest BCUT2D eigenvalue weighted by Gasteiger charge is -2.35. The number of carbonyl (C=O) groups is 1. The minimum Gasteiger partial charge on any atom is -0.550 e. The summed E-state index contributed by atoms with van der Waals surface area (Å²) in [5.74, 6) is -1.08. The molecule has 0 heterocycles. The molecule has 0 atom stereocenters. The van der Waals surface area contributed by atoms with Gasteiger partial charge in [0.2, 0.25) is 0 Å². The van der Waals surface area contributed by atoms with E-state index in [1.165, 1.54) is 16.7 Å². The first-order valence-corrected chi connectivity index (χ1v) is 8.74. The van der Waals surface area contributed by atoms with Gasteiger partial charge in [-0.25, -0.2) is 0 Å². The van der Waals surface area contributed by atoms with Gasteiger partial charge in [-0.15, -0.1) is 0 Å². The van der Waals surface area contributed by atoms with E-state index in [0.717, 1.165) is 19.9 Å². The summed E-state index contributed by atoms with van der Waals surface area (Å²) in [7, 11) is 0. The first-order chi connectivity index (χ1) is 12.6. The van der Waals surface area contributed by atoms with Crippen molar-refractivity contribution in [2.75, 3.05) is 6.54 Å². The maximum absolute atomic E-state index is 8.89. The summed E-state index contributed by atoms with van der Waals surface area (Å²) in [5, 5.41) is 8.89. The van der Waals surface area contributed by atoms with Crippen molar-refractivity contribution in [1.82, 2.24) is 0 Å². The molecule has 3 aromatic carbocycles. The molecular weight excluding hydrogens is 322 g/mol. The highest BCUT2D eigenvalue weighted by atomic mass is 16.4. The Morgan fingerprint density at radius 2 is 1.04 bits per heavy atom. The van der Waals surface area contributed by atoms with E-state index in [1.807, 2.05) is 0 Å². The Balaban J connectivity index is 0.000000552. The van der Waals surface area contributed by atoms with Crippen LogP contribution in [0.4, 0.5) is 0 Å². The molecule has 0 saturated heterocycles. The van der Waals surface area contributed by atoms with Crippen LogP contribution in [0.2, 0.25) is 0 Å². The van der Waals surface area contributed by atoms with Crippen LogP contribution in [-0.4, -0.2) is 12.5 Å². The maximum atomic E-state index is 8.89. The van der Waals surface area contributed by atoms with Crippen molar-refractivity contribution in [2.24, 2.45) is 0 Å². The number of carboxylic acids is 1. The van der Waals surface area contributed by atoms with E-state index in [0.29, 0.717) is 0 Å². The maximum Gasteiger partial charge on any atom is 0.0755 e. The van der Waals surface area contributed by atoms with E-state index < -0.39 is 5.97 Å². The van der Waals surface area contributed by atoms with Crippen molar-refractivity contribution >= 4 is 5.97 Å². The van der Waals surface area contributed by atoms with Gasteiger partial charge < -0.3 is 15.6 Å². The number of quaternary nitrogens is 1. The Bertz CT molecular complexity index is 686. The molecule has 3 nitrogen and oxygen atoms in total. The monoisotopic (exact) mass is 347 g/mol. The summed E-state index contributed by atoms with van der Waals surface area (Å²) >= 11 is 0. The van der Waals surface area contributed by atoms with E-state index in [2.05, 4.69) is 96.7 Å². The third-order valence-electron chi connectivity index (χ3n) is 4.35. The van der Waals surface area contributed by atoms with Crippen LogP contribution in [0.25, 0.3) is 0 Å². The minimum atomic E-state index is -1.08. The van der Waals surface area contributed by atoms with Crippen LogP contribution in [0, 0.1) is 0 Å². The topological polar surface area (TPSA) is 67.8 Å². The second-order valence-electron chi connectivity index (χ2n) is 6.10. The average Bonchev–Trinajstić information content (AvgIpc) is 2.68. The van der Waals surface area contributed by atoms with Gasteiger partial charge in [-0.05, 0) is 23.6 Å². The van der Waals surface area contributed by atoms with Gasteiger partial charge in [0.15, 0.2) is 0 Å². The van der Waals surface area contributed by atoms with Gasteiger partial charge in [-0.3, -0.25) is 0 Å². The Morgan fingerprint density at radius 3 is 1.27 bits per heavy atom. The molecule has 3 heteroatoms. The number of hydrogen-bond acceptors (Lipinski definition) is 2. The zero-order valence-electron chi connectivity index (χ0n) is 15.1. The van der Waals surface area contributed by atoms with E-state index >= 15 is 0 Å². The SMILES string of the molecule is CC(=O)[O-].[NH3+]CCC(c1ccccc1)(c1ccccc1)c1ccccc1. The van der Waals surface area contributed by atoms with Crippen LogP contribution < -0.4 is 10.8 Å². The molecule has 134 valence electrons. The number of benzene rings is 3. The van der Waals surface area contributed by atoms with Crippen molar-refractivity contribution in [3.8, 4) is 0 Å². The Hall–Kier alpha value is -2.91. The van der Waals surface area contributed by atoms with E-state index in [4.69, 9.17) is 9.90 Å². The van der Waals surface area contributed by atoms with Gasteiger partial charge in [-0.2, -0.15) is 0 Å². The standard InChI is InChI=1S/C21H21N.C2H4O2/c22-17-16-21(18-10-4-1-5-11-18,19-12-6-2-7-13-19)20-14-8-3-9-15-20;1-2(3)4/h1-15H,16-17,22H2;1H3,(H,3,4). The predicted octanol–water partition coefficient (Wildman–Crippen LogP) is 2.41. The number of rotatable bonds is 5. The fourth-order valence-corrected chi connectivity index (χ4v) is 3.37. The van der Waals surface area contributed by atoms with Gasteiger partial charge in [0.25, 0.3) is 0 Å². The summed E-state index contributed by atoms with van der Waals surface area (Å²) in [6.45, 7) is 1.86. The molecule has 0 spiro atoms. The van der Waals surface area contributed by atoms with Gasteiger partial charge in [0.1, 0.15) is 0 Å². The normalized spacial score (nSPS) is 10.5. The molecule has 0 saturated carbocycles. The summed E-state index contributed by atoms with van der Waals surface area (Å²) in [6, 6.07) is 32.4. The van der Waals surface area contributed by atoms with Crippen LogP contribution in [0.15, 0.2) is 91.0 Å². The molecule has 3 N–H and O–H groups in total. The minimum absolute atomic E-state index is 0.133. The van der Waals surface area contributed by atoms with Crippen LogP contribution in [0.5, 0.6) is 0 Å². The average molecular weight is 347 g/mol. The van der Waals surface area contributed by atoms with E-state index in [1.54, 1.807) is 0 Å². The summed E-state index contributed by atoms with van der Waals surface area (Å²) in [6.07, 6.45) is 0.991. The second-order valence-corrected chi connectivity index (χ2v) is 6.10. The van der Waals surface area contributed by atoms with Crippen LogP contribution in [0.1, 0.15) is 30.0 Å². The lowest BCUT2D eigenvalue weighted by Crippen LogP contribution is -2.53. The first-order valence-electron chi connectivity index (χ1n) is 8.74. The fraction of sp³-hybridized carbons (Fsp3) is 0.174. The van der Waals surface area contributed by atoms with Gasteiger partial charge in [0.05, 0.1) is 12.0 Å². The smallest absolute Gasteiger partial charge is 0.0755 e. The lowest BCUT2D eigenvalue weighted by atomic mass is 9.67. The number of carbonyl (C=O) groups excluding carboxylic acids is 1. The second kappa shape index (κ2) is 9.54. The first kappa shape index (κ1) is 19.4. The van der Waals surface area contributed by atoms with E-state index in [9.17, 15) is 0 Å². The Labute approximate surface area is 155 Å². The molecule has 0 bridgehead atoms. The highest BCUT2D eigenvalue weighted by Gasteiger charge is 2.35. The van der Waals surface area contributed by atoms with Gasteiger partial charge >= 0.3 is 0 Å². The Kier molecular flexibility index (Phi) is 7.12. The third kappa shape index (κ3) is 4.58. The van der Waals surface area contributed by atoms with Gasteiger partial charge in [-0.1, -0.05) is 91.0 Å². The Morgan fingerprint density at radius 1 is 0.769 bits per heavy atom. The zero-order chi connectivity index (χ0) is 18.8. The molecule has 0 amide bonds. The summed E-state index contributed by atoms with van der Waals surface area (Å²) in [5.41, 5.74) is 8.00.